The zero-order chi connectivity index (χ0) is 11.4. The molecule has 0 saturated heterocycles. The van der Waals surface area contributed by atoms with Crippen molar-refractivity contribution in [2.45, 2.75) is 20.1 Å². The zero-order valence-corrected chi connectivity index (χ0v) is 11.2. The monoisotopic (exact) mass is 328 g/mol. The SMILES string of the molecule is CCn1cncc1COc1ccc(I)cc1. The van der Waals surface area contributed by atoms with E-state index in [0.29, 0.717) is 6.61 Å². The second kappa shape index (κ2) is 5.34. The van der Waals surface area contributed by atoms with Gasteiger partial charge in [0.1, 0.15) is 12.4 Å². The van der Waals surface area contributed by atoms with Crippen LogP contribution in [0.5, 0.6) is 5.75 Å². The van der Waals surface area contributed by atoms with Gasteiger partial charge in [0.05, 0.1) is 18.2 Å². The molecular weight excluding hydrogens is 315 g/mol. The van der Waals surface area contributed by atoms with Crippen LogP contribution >= 0.6 is 22.6 Å². The van der Waals surface area contributed by atoms with E-state index in [2.05, 4.69) is 39.1 Å². The molecule has 0 aliphatic heterocycles. The van der Waals surface area contributed by atoms with Crippen LogP contribution in [0.2, 0.25) is 0 Å². The first-order valence-electron chi connectivity index (χ1n) is 5.17. The fourth-order valence-electron chi connectivity index (χ4n) is 1.44. The Labute approximate surface area is 109 Å². The summed E-state index contributed by atoms with van der Waals surface area (Å²) in [4.78, 5) is 4.10. The molecule has 0 spiro atoms. The van der Waals surface area contributed by atoms with E-state index in [1.54, 1.807) is 0 Å². The standard InChI is InChI=1S/C12H13IN2O/c1-2-15-9-14-7-11(15)8-16-12-5-3-10(13)4-6-12/h3-7,9H,2,8H2,1H3. The molecule has 1 heterocycles. The van der Waals surface area contributed by atoms with E-state index < -0.39 is 0 Å². The molecule has 0 aliphatic rings. The molecule has 0 atom stereocenters. The van der Waals surface area contributed by atoms with Crippen molar-refractivity contribution in [2.24, 2.45) is 0 Å². The molecule has 1 aromatic carbocycles. The Morgan fingerprint density at radius 3 is 2.75 bits per heavy atom. The lowest BCUT2D eigenvalue weighted by Crippen LogP contribution is -2.03. The van der Waals surface area contributed by atoms with Crippen LogP contribution in [0.25, 0.3) is 0 Å². The Morgan fingerprint density at radius 1 is 1.31 bits per heavy atom. The molecule has 1 aromatic heterocycles. The summed E-state index contributed by atoms with van der Waals surface area (Å²) in [6.45, 7) is 3.58. The number of aromatic nitrogens is 2. The van der Waals surface area contributed by atoms with Crippen molar-refractivity contribution < 1.29 is 4.74 Å². The van der Waals surface area contributed by atoms with Gasteiger partial charge in [-0.3, -0.25) is 0 Å². The van der Waals surface area contributed by atoms with Crippen molar-refractivity contribution in [3.63, 3.8) is 0 Å². The summed E-state index contributed by atoms with van der Waals surface area (Å²) in [5.41, 5.74) is 1.10. The maximum Gasteiger partial charge on any atom is 0.130 e. The highest BCUT2D eigenvalue weighted by Crippen LogP contribution is 2.15. The van der Waals surface area contributed by atoms with E-state index in [0.717, 1.165) is 18.0 Å². The maximum absolute atomic E-state index is 5.68. The topological polar surface area (TPSA) is 27.1 Å². The van der Waals surface area contributed by atoms with Gasteiger partial charge in [-0.2, -0.15) is 0 Å². The van der Waals surface area contributed by atoms with E-state index >= 15 is 0 Å². The molecular formula is C12H13IN2O. The largest absolute Gasteiger partial charge is 0.487 e. The molecule has 0 saturated carbocycles. The summed E-state index contributed by atoms with van der Waals surface area (Å²) in [7, 11) is 0. The Balaban J connectivity index is 1.99. The molecule has 0 unspecified atom stereocenters. The zero-order valence-electron chi connectivity index (χ0n) is 9.06. The van der Waals surface area contributed by atoms with Crippen molar-refractivity contribution in [3.8, 4) is 5.75 Å². The number of ether oxygens (including phenoxy) is 1. The van der Waals surface area contributed by atoms with Gasteiger partial charge in [0.15, 0.2) is 0 Å². The second-order valence-corrected chi connectivity index (χ2v) is 4.66. The normalized spacial score (nSPS) is 10.4. The highest BCUT2D eigenvalue weighted by molar-refractivity contribution is 14.1. The summed E-state index contributed by atoms with van der Waals surface area (Å²) >= 11 is 2.28. The van der Waals surface area contributed by atoms with Crippen molar-refractivity contribution in [2.75, 3.05) is 0 Å². The second-order valence-electron chi connectivity index (χ2n) is 3.41. The van der Waals surface area contributed by atoms with Gasteiger partial charge in [-0.25, -0.2) is 4.98 Å². The van der Waals surface area contributed by atoms with Crippen molar-refractivity contribution in [1.29, 1.82) is 0 Å². The molecule has 0 aliphatic carbocycles. The van der Waals surface area contributed by atoms with Gasteiger partial charge in [0.2, 0.25) is 0 Å². The van der Waals surface area contributed by atoms with Crippen LogP contribution in [0.15, 0.2) is 36.8 Å². The average Bonchev–Trinajstić information content (AvgIpc) is 2.76. The van der Waals surface area contributed by atoms with Gasteiger partial charge in [-0.15, -0.1) is 0 Å². The van der Waals surface area contributed by atoms with Gasteiger partial charge in [0.25, 0.3) is 0 Å². The quantitative estimate of drug-likeness (QED) is 0.807. The first-order valence-corrected chi connectivity index (χ1v) is 6.25. The van der Waals surface area contributed by atoms with Crippen molar-refractivity contribution in [3.05, 3.63) is 46.1 Å². The number of hydrogen-bond acceptors (Lipinski definition) is 2. The van der Waals surface area contributed by atoms with Crippen LogP contribution < -0.4 is 4.74 Å². The number of nitrogens with zero attached hydrogens (tertiary/aromatic N) is 2. The fraction of sp³-hybridized carbons (Fsp3) is 0.250. The van der Waals surface area contributed by atoms with Crippen molar-refractivity contribution in [1.82, 2.24) is 9.55 Å². The first kappa shape index (κ1) is 11.4. The average molecular weight is 328 g/mol. The smallest absolute Gasteiger partial charge is 0.130 e. The molecule has 84 valence electrons. The van der Waals surface area contributed by atoms with E-state index in [1.807, 2.05) is 36.8 Å². The molecule has 0 fully saturated rings. The lowest BCUT2D eigenvalue weighted by Gasteiger charge is -2.07. The third kappa shape index (κ3) is 2.75. The molecule has 4 heteroatoms. The lowest BCUT2D eigenvalue weighted by atomic mass is 10.3. The predicted octanol–water partition coefficient (Wildman–Crippen LogP) is 3.09. The number of rotatable bonds is 4. The minimum atomic E-state index is 0.564. The number of imidazole rings is 1. The van der Waals surface area contributed by atoms with E-state index in [4.69, 9.17) is 4.74 Å². The van der Waals surface area contributed by atoms with Gasteiger partial charge in [0, 0.05) is 10.1 Å². The highest BCUT2D eigenvalue weighted by atomic mass is 127. The molecule has 0 bridgehead atoms. The number of halogens is 1. The molecule has 3 nitrogen and oxygen atoms in total. The summed E-state index contributed by atoms with van der Waals surface area (Å²) in [5.74, 6) is 0.893. The van der Waals surface area contributed by atoms with Crippen LogP contribution in [-0.2, 0) is 13.2 Å². The predicted molar refractivity (Wildman–Crippen MR) is 71.4 cm³/mol. The highest BCUT2D eigenvalue weighted by Gasteiger charge is 2.01. The van der Waals surface area contributed by atoms with Crippen LogP contribution in [0.1, 0.15) is 12.6 Å². The van der Waals surface area contributed by atoms with Gasteiger partial charge >= 0.3 is 0 Å². The maximum atomic E-state index is 5.68. The third-order valence-electron chi connectivity index (χ3n) is 2.34. The third-order valence-corrected chi connectivity index (χ3v) is 3.06. The van der Waals surface area contributed by atoms with E-state index in [1.165, 1.54) is 3.57 Å². The lowest BCUT2D eigenvalue weighted by molar-refractivity contribution is 0.295. The van der Waals surface area contributed by atoms with Gasteiger partial charge in [-0.05, 0) is 53.8 Å². The van der Waals surface area contributed by atoms with Crippen LogP contribution in [0.3, 0.4) is 0 Å². The van der Waals surface area contributed by atoms with Gasteiger partial charge < -0.3 is 9.30 Å². The van der Waals surface area contributed by atoms with Crippen molar-refractivity contribution >= 4 is 22.6 Å². The Hall–Kier alpha value is -1.04. The molecule has 0 amide bonds. The fourth-order valence-corrected chi connectivity index (χ4v) is 1.80. The molecule has 2 aromatic rings. The Morgan fingerprint density at radius 2 is 2.06 bits per heavy atom. The summed E-state index contributed by atoms with van der Waals surface area (Å²) < 4.78 is 8.97. The first-order chi connectivity index (χ1) is 7.79. The number of hydrogen-bond donors (Lipinski definition) is 0. The summed E-state index contributed by atoms with van der Waals surface area (Å²) in [6, 6.07) is 8.03. The molecule has 0 radical (unpaired) electrons. The number of aryl methyl sites for hydroxylation is 1. The Kier molecular flexibility index (Phi) is 3.82. The summed E-state index contributed by atoms with van der Waals surface area (Å²) in [5, 5.41) is 0. The molecule has 0 N–H and O–H groups in total. The Bertz CT molecular complexity index is 450. The molecule has 16 heavy (non-hydrogen) atoms. The van der Waals surface area contributed by atoms with E-state index in [-0.39, 0.29) is 0 Å². The van der Waals surface area contributed by atoms with Gasteiger partial charge in [-0.1, -0.05) is 0 Å². The van der Waals surface area contributed by atoms with Crippen LogP contribution in [0, 0.1) is 3.57 Å². The van der Waals surface area contributed by atoms with Crippen LogP contribution in [-0.4, -0.2) is 9.55 Å². The minimum absolute atomic E-state index is 0.564. The number of benzene rings is 1. The van der Waals surface area contributed by atoms with E-state index in [9.17, 15) is 0 Å². The minimum Gasteiger partial charge on any atom is -0.487 e. The summed E-state index contributed by atoms with van der Waals surface area (Å²) in [6.07, 6.45) is 3.67. The molecule has 2 rings (SSSR count). The van der Waals surface area contributed by atoms with Crippen LogP contribution in [0.4, 0.5) is 0 Å².